The number of rotatable bonds is 4. The maximum atomic E-state index is 11.5. The van der Waals surface area contributed by atoms with Crippen LogP contribution in [0.2, 0.25) is 0 Å². The lowest BCUT2D eigenvalue weighted by Crippen LogP contribution is -2.17. The van der Waals surface area contributed by atoms with Crippen LogP contribution in [0.1, 0.15) is 5.56 Å². The van der Waals surface area contributed by atoms with Crippen LogP contribution in [0, 0.1) is 0 Å². The Kier molecular flexibility index (Phi) is 3.02. The summed E-state index contributed by atoms with van der Waals surface area (Å²) in [6.07, 6.45) is 0. The molecule has 0 fully saturated rings. The van der Waals surface area contributed by atoms with Crippen molar-refractivity contribution in [1.82, 2.24) is 0 Å². The van der Waals surface area contributed by atoms with Gasteiger partial charge in [0.05, 0.1) is 11.5 Å². The molecule has 6 heteroatoms. The molecule has 0 amide bonds. The second kappa shape index (κ2) is 4.31. The van der Waals surface area contributed by atoms with Crippen LogP contribution in [-0.4, -0.2) is 27.5 Å². The van der Waals surface area contributed by atoms with E-state index in [0.717, 1.165) is 0 Å². The van der Waals surface area contributed by atoms with E-state index in [4.69, 9.17) is 15.2 Å². The smallest absolute Gasteiger partial charge is 0.231 e. The summed E-state index contributed by atoms with van der Waals surface area (Å²) in [6.45, 7) is 0.335. The van der Waals surface area contributed by atoms with Crippen LogP contribution < -0.4 is 15.2 Å². The van der Waals surface area contributed by atoms with Crippen molar-refractivity contribution in [2.45, 2.75) is 5.75 Å². The molecule has 0 aromatic heterocycles. The molecule has 0 saturated carbocycles. The molecule has 2 N–H and O–H groups in total. The highest BCUT2D eigenvalue weighted by Gasteiger charge is 2.16. The minimum Gasteiger partial charge on any atom is -0.454 e. The number of sulfone groups is 1. The number of nitrogens with two attached hydrogens (primary N) is 1. The van der Waals surface area contributed by atoms with Gasteiger partial charge in [0, 0.05) is 6.54 Å². The van der Waals surface area contributed by atoms with E-state index in [1.807, 2.05) is 0 Å². The number of hydrogen-bond donors (Lipinski definition) is 1. The van der Waals surface area contributed by atoms with Crippen LogP contribution in [-0.2, 0) is 15.6 Å². The van der Waals surface area contributed by atoms with Crippen molar-refractivity contribution in [2.24, 2.45) is 5.73 Å². The molecule has 5 nitrogen and oxygen atoms in total. The Balaban J connectivity index is 2.17. The first-order valence-corrected chi connectivity index (χ1v) is 6.72. The molecule has 1 aliphatic heterocycles. The summed E-state index contributed by atoms with van der Waals surface area (Å²) in [5, 5.41) is 0. The molecule has 0 spiro atoms. The van der Waals surface area contributed by atoms with Crippen molar-refractivity contribution < 1.29 is 17.9 Å². The summed E-state index contributed by atoms with van der Waals surface area (Å²) >= 11 is 0. The van der Waals surface area contributed by atoms with Gasteiger partial charge in [-0.2, -0.15) is 0 Å². The second-order valence-electron chi connectivity index (χ2n) is 3.57. The van der Waals surface area contributed by atoms with Crippen LogP contribution in [0.4, 0.5) is 0 Å². The second-order valence-corrected chi connectivity index (χ2v) is 5.75. The van der Waals surface area contributed by atoms with Gasteiger partial charge in [-0.05, 0) is 17.7 Å². The van der Waals surface area contributed by atoms with Gasteiger partial charge in [-0.15, -0.1) is 0 Å². The van der Waals surface area contributed by atoms with Gasteiger partial charge in [-0.1, -0.05) is 6.07 Å². The van der Waals surface area contributed by atoms with Gasteiger partial charge < -0.3 is 15.2 Å². The lowest BCUT2D eigenvalue weighted by molar-refractivity contribution is 0.174. The summed E-state index contributed by atoms with van der Waals surface area (Å²) in [5.41, 5.74) is 5.93. The molecule has 0 atom stereocenters. The molecule has 0 radical (unpaired) electrons. The Morgan fingerprint density at radius 2 is 2.00 bits per heavy atom. The summed E-state index contributed by atoms with van der Waals surface area (Å²) in [6, 6.07) is 5.13. The van der Waals surface area contributed by atoms with Gasteiger partial charge in [0.1, 0.15) is 0 Å². The molecule has 0 aliphatic carbocycles. The topological polar surface area (TPSA) is 78.6 Å². The van der Waals surface area contributed by atoms with Gasteiger partial charge in [0.15, 0.2) is 21.3 Å². The van der Waals surface area contributed by atoms with Crippen LogP contribution >= 0.6 is 0 Å². The van der Waals surface area contributed by atoms with E-state index in [1.165, 1.54) is 0 Å². The van der Waals surface area contributed by atoms with E-state index in [0.29, 0.717) is 17.1 Å². The number of ether oxygens (including phenoxy) is 2. The number of hydrogen-bond acceptors (Lipinski definition) is 5. The molecule has 16 heavy (non-hydrogen) atoms. The van der Waals surface area contributed by atoms with E-state index in [-0.39, 0.29) is 24.8 Å². The van der Waals surface area contributed by atoms with Crippen LogP contribution in [0.5, 0.6) is 11.5 Å². The average molecular weight is 243 g/mol. The largest absolute Gasteiger partial charge is 0.454 e. The predicted molar refractivity (Wildman–Crippen MR) is 59.1 cm³/mol. The van der Waals surface area contributed by atoms with Crippen molar-refractivity contribution in [2.75, 3.05) is 19.1 Å². The minimum atomic E-state index is -3.12. The predicted octanol–water partition coefficient (Wildman–Crippen LogP) is 0.289. The molecular weight excluding hydrogens is 230 g/mol. The van der Waals surface area contributed by atoms with Crippen molar-refractivity contribution in [3.63, 3.8) is 0 Å². The van der Waals surface area contributed by atoms with E-state index >= 15 is 0 Å². The third-order valence-corrected chi connectivity index (χ3v) is 3.88. The Morgan fingerprint density at radius 3 is 2.75 bits per heavy atom. The quantitative estimate of drug-likeness (QED) is 0.822. The zero-order valence-corrected chi connectivity index (χ0v) is 9.50. The third-order valence-electron chi connectivity index (χ3n) is 2.25. The van der Waals surface area contributed by atoms with Gasteiger partial charge in [-0.3, -0.25) is 0 Å². The van der Waals surface area contributed by atoms with E-state index < -0.39 is 9.84 Å². The minimum absolute atomic E-state index is 0.00143. The Hall–Kier alpha value is -1.27. The highest BCUT2D eigenvalue weighted by molar-refractivity contribution is 7.90. The fourth-order valence-corrected chi connectivity index (χ4v) is 2.73. The molecule has 0 unspecified atom stereocenters. The molecule has 1 aromatic carbocycles. The first-order valence-electron chi connectivity index (χ1n) is 4.90. The maximum Gasteiger partial charge on any atom is 0.231 e. The normalized spacial score (nSPS) is 14.1. The van der Waals surface area contributed by atoms with Gasteiger partial charge >= 0.3 is 0 Å². The molecule has 1 aromatic rings. The highest BCUT2D eigenvalue weighted by Crippen LogP contribution is 2.32. The highest BCUT2D eigenvalue weighted by atomic mass is 32.2. The van der Waals surface area contributed by atoms with Gasteiger partial charge in [0.25, 0.3) is 0 Å². The van der Waals surface area contributed by atoms with Crippen molar-refractivity contribution in [1.29, 1.82) is 0 Å². The van der Waals surface area contributed by atoms with Gasteiger partial charge in [-0.25, -0.2) is 8.42 Å². The molecule has 0 bridgehead atoms. The van der Waals surface area contributed by atoms with E-state index in [1.54, 1.807) is 18.2 Å². The molecule has 2 rings (SSSR count). The molecule has 1 aliphatic rings. The first kappa shape index (κ1) is 11.2. The SMILES string of the molecule is NCCS(=O)(=O)Cc1ccc2c(c1)OCO2. The third kappa shape index (κ3) is 2.45. The molecule has 88 valence electrons. The first-order chi connectivity index (χ1) is 7.61. The Morgan fingerprint density at radius 1 is 1.25 bits per heavy atom. The summed E-state index contributed by atoms with van der Waals surface area (Å²) in [7, 11) is -3.12. The zero-order valence-electron chi connectivity index (χ0n) is 8.68. The lowest BCUT2D eigenvalue weighted by Gasteiger charge is -2.04. The molecular formula is C10H13NO4S. The summed E-state index contributed by atoms with van der Waals surface area (Å²) < 4.78 is 33.4. The fraction of sp³-hybridized carbons (Fsp3) is 0.400. The summed E-state index contributed by atoms with van der Waals surface area (Å²) in [4.78, 5) is 0. The monoisotopic (exact) mass is 243 g/mol. The van der Waals surface area contributed by atoms with Gasteiger partial charge in [0.2, 0.25) is 6.79 Å². The average Bonchev–Trinajstić information content (AvgIpc) is 2.63. The Labute approximate surface area is 94.1 Å². The lowest BCUT2D eigenvalue weighted by atomic mass is 10.2. The van der Waals surface area contributed by atoms with Crippen molar-refractivity contribution >= 4 is 9.84 Å². The number of fused-ring (bicyclic) bond motifs is 1. The zero-order chi connectivity index (χ0) is 11.6. The van der Waals surface area contributed by atoms with Crippen molar-refractivity contribution in [3.8, 4) is 11.5 Å². The van der Waals surface area contributed by atoms with E-state index in [2.05, 4.69) is 0 Å². The standard InChI is InChI=1S/C10H13NO4S/c11-3-4-16(12,13)6-8-1-2-9-10(5-8)15-7-14-9/h1-2,5H,3-4,6-7,11H2. The Bertz CT molecular complexity index is 484. The molecule has 0 saturated heterocycles. The van der Waals surface area contributed by atoms with Crippen LogP contribution in [0.15, 0.2) is 18.2 Å². The van der Waals surface area contributed by atoms with Crippen LogP contribution in [0.25, 0.3) is 0 Å². The maximum absolute atomic E-state index is 11.5. The summed E-state index contributed by atoms with van der Waals surface area (Å²) in [5.74, 6) is 1.24. The van der Waals surface area contributed by atoms with Crippen molar-refractivity contribution in [3.05, 3.63) is 23.8 Å². The van der Waals surface area contributed by atoms with Crippen LogP contribution in [0.3, 0.4) is 0 Å². The fourth-order valence-electron chi connectivity index (χ4n) is 1.54. The number of benzene rings is 1. The molecule has 1 heterocycles. The van der Waals surface area contributed by atoms with E-state index in [9.17, 15) is 8.42 Å².